The lowest BCUT2D eigenvalue weighted by atomic mass is 10.1. The van der Waals surface area contributed by atoms with Crippen LogP contribution in [0.15, 0.2) is 30.7 Å². The molecule has 0 aromatic carbocycles. The van der Waals surface area contributed by atoms with E-state index in [4.69, 9.17) is 4.74 Å². The van der Waals surface area contributed by atoms with E-state index < -0.39 is 0 Å². The van der Waals surface area contributed by atoms with Gasteiger partial charge in [-0.1, -0.05) is 6.07 Å². The van der Waals surface area contributed by atoms with Crippen molar-refractivity contribution in [2.45, 2.75) is 32.5 Å². The van der Waals surface area contributed by atoms with E-state index in [0.717, 1.165) is 30.0 Å². The molecular weight excluding hydrogens is 298 g/mol. The molecule has 5 nitrogen and oxygen atoms in total. The van der Waals surface area contributed by atoms with Crippen molar-refractivity contribution in [2.75, 3.05) is 13.1 Å². The van der Waals surface area contributed by atoms with Gasteiger partial charge in [-0.25, -0.2) is 4.98 Å². The Bertz CT molecular complexity index is 629. The average Bonchev–Trinajstić information content (AvgIpc) is 3.00. The van der Waals surface area contributed by atoms with Gasteiger partial charge < -0.3 is 9.64 Å². The molecule has 0 unspecified atom stereocenters. The van der Waals surface area contributed by atoms with Gasteiger partial charge in [0, 0.05) is 25.5 Å². The third-order valence-corrected chi connectivity index (χ3v) is 4.61. The van der Waals surface area contributed by atoms with E-state index >= 15 is 0 Å². The van der Waals surface area contributed by atoms with Crippen LogP contribution in [-0.2, 0) is 11.3 Å². The zero-order valence-electron chi connectivity index (χ0n) is 12.6. The second-order valence-corrected chi connectivity index (χ2v) is 6.67. The number of ether oxygens (including phenoxy) is 1. The van der Waals surface area contributed by atoms with Gasteiger partial charge in [0.2, 0.25) is 0 Å². The Morgan fingerprint density at radius 1 is 1.50 bits per heavy atom. The Kier molecular flexibility index (Phi) is 4.80. The van der Waals surface area contributed by atoms with Crippen molar-refractivity contribution >= 4 is 17.2 Å². The number of rotatable bonds is 4. The summed E-state index contributed by atoms with van der Waals surface area (Å²) in [6.45, 7) is 3.90. The molecule has 1 atom stereocenters. The van der Waals surface area contributed by atoms with E-state index in [-0.39, 0.29) is 12.0 Å². The molecule has 3 heterocycles. The van der Waals surface area contributed by atoms with E-state index in [1.165, 1.54) is 11.3 Å². The second-order valence-electron chi connectivity index (χ2n) is 5.43. The first-order valence-electron chi connectivity index (χ1n) is 7.44. The number of hydrogen-bond donors (Lipinski definition) is 0. The maximum atomic E-state index is 12.5. The highest BCUT2D eigenvalue weighted by Crippen LogP contribution is 2.20. The number of thiazole rings is 1. The molecule has 0 saturated carbocycles. The van der Waals surface area contributed by atoms with Gasteiger partial charge in [-0.05, 0) is 31.4 Å². The lowest BCUT2D eigenvalue weighted by molar-refractivity contribution is -0.00668. The van der Waals surface area contributed by atoms with Crippen molar-refractivity contribution in [1.82, 2.24) is 14.9 Å². The summed E-state index contributed by atoms with van der Waals surface area (Å²) in [5.74, 6) is 0.0697. The molecular formula is C16H19N3O2S. The van der Waals surface area contributed by atoms with E-state index in [9.17, 15) is 4.79 Å². The molecule has 0 bridgehead atoms. The number of carbonyl (C=O) groups is 1. The predicted molar refractivity (Wildman–Crippen MR) is 84.8 cm³/mol. The molecule has 0 aliphatic carbocycles. The van der Waals surface area contributed by atoms with Gasteiger partial charge in [-0.15, -0.1) is 11.3 Å². The second kappa shape index (κ2) is 6.98. The third-order valence-electron chi connectivity index (χ3n) is 3.71. The molecule has 116 valence electrons. The highest BCUT2D eigenvalue weighted by Gasteiger charge is 2.26. The highest BCUT2D eigenvalue weighted by molar-refractivity contribution is 7.13. The van der Waals surface area contributed by atoms with Crippen molar-refractivity contribution in [3.63, 3.8) is 0 Å². The van der Waals surface area contributed by atoms with Crippen LogP contribution in [0.1, 0.15) is 33.1 Å². The van der Waals surface area contributed by atoms with Gasteiger partial charge in [-0.3, -0.25) is 9.78 Å². The lowest BCUT2D eigenvalue weighted by Gasteiger charge is -2.32. The van der Waals surface area contributed by atoms with Gasteiger partial charge >= 0.3 is 0 Å². The van der Waals surface area contributed by atoms with Crippen molar-refractivity contribution in [2.24, 2.45) is 0 Å². The zero-order chi connectivity index (χ0) is 15.4. The lowest BCUT2D eigenvalue weighted by Crippen LogP contribution is -2.43. The van der Waals surface area contributed by atoms with Crippen LogP contribution in [0, 0.1) is 6.92 Å². The van der Waals surface area contributed by atoms with E-state index in [2.05, 4.69) is 9.97 Å². The molecule has 22 heavy (non-hydrogen) atoms. The van der Waals surface area contributed by atoms with Crippen molar-refractivity contribution in [3.05, 3.63) is 46.2 Å². The number of pyridine rings is 1. The summed E-state index contributed by atoms with van der Waals surface area (Å²) < 4.78 is 5.94. The first kappa shape index (κ1) is 15.1. The summed E-state index contributed by atoms with van der Waals surface area (Å²) in [5.41, 5.74) is 1.06. The van der Waals surface area contributed by atoms with Crippen LogP contribution in [0.25, 0.3) is 0 Å². The van der Waals surface area contributed by atoms with Crippen LogP contribution in [0.3, 0.4) is 0 Å². The molecule has 1 amide bonds. The number of aryl methyl sites for hydroxylation is 1. The van der Waals surface area contributed by atoms with Crippen LogP contribution in [-0.4, -0.2) is 40.0 Å². The van der Waals surface area contributed by atoms with Crippen molar-refractivity contribution in [3.8, 4) is 0 Å². The van der Waals surface area contributed by atoms with Crippen molar-refractivity contribution < 1.29 is 9.53 Å². The highest BCUT2D eigenvalue weighted by atomic mass is 32.1. The maximum Gasteiger partial charge on any atom is 0.265 e. The number of piperidine rings is 1. The minimum absolute atomic E-state index is 0.0697. The Morgan fingerprint density at radius 3 is 3.14 bits per heavy atom. The largest absolute Gasteiger partial charge is 0.372 e. The van der Waals surface area contributed by atoms with Gasteiger partial charge in [-0.2, -0.15) is 0 Å². The molecule has 0 N–H and O–H groups in total. The van der Waals surface area contributed by atoms with Crippen LogP contribution in [0.4, 0.5) is 0 Å². The predicted octanol–water partition coefficient (Wildman–Crippen LogP) is 2.67. The topological polar surface area (TPSA) is 55.3 Å². The number of likely N-dealkylation sites (tertiary alicyclic amines) is 1. The van der Waals surface area contributed by atoms with Gasteiger partial charge in [0.1, 0.15) is 4.88 Å². The summed E-state index contributed by atoms with van der Waals surface area (Å²) >= 11 is 1.45. The van der Waals surface area contributed by atoms with Gasteiger partial charge in [0.05, 0.1) is 23.9 Å². The van der Waals surface area contributed by atoms with E-state index in [1.807, 2.05) is 30.2 Å². The maximum absolute atomic E-state index is 12.5. The fourth-order valence-corrected chi connectivity index (χ4v) is 3.32. The fraction of sp³-hybridized carbons (Fsp3) is 0.438. The normalized spacial score (nSPS) is 18.4. The molecule has 2 aromatic rings. The molecule has 6 heteroatoms. The van der Waals surface area contributed by atoms with Crippen LogP contribution >= 0.6 is 11.3 Å². The monoisotopic (exact) mass is 317 g/mol. The number of aromatic nitrogens is 2. The summed E-state index contributed by atoms with van der Waals surface area (Å²) in [7, 11) is 0. The molecule has 0 radical (unpaired) electrons. The number of amides is 1. The summed E-state index contributed by atoms with van der Waals surface area (Å²) in [4.78, 5) is 23.3. The molecule has 1 aliphatic heterocycles. The SMILES string of the molecule is Cc1ncc(C(=O)N2CCC[C@@H](OCc3cccnc3)C2)s1. The fourth-order valence-electron chi connectivity index (χ4n) is 2.57. The molecule has 1 fully saturated rings. The van der Waals surface area contributed by atoms with Crippen LogP contribution < -0.4 is 0 Å². The first-order chi connectivity index (χ1) is 10.7. The summed E-state index contributed by atoms with van der Waals surface area (Å²) in [6, 6.07) is 3.90. The summed E-state index contributed by atoms with van der Waals surface area (Å²) in [6.07, 6.45) is 7.29. The zero-order valence-corrected chi connectivity index (χ0v) is 13.4. The van der Waals surface area contributed by atoms with E-state index in [0.29, 0.717) is 18.0 Å². The van der Waals surface area contributed by atoms with Crippen molar-refractivity contribution in [1.29, 1.82) is 0 Å². The smallest absolute Gasteiger partial charge is 0.265 e. The Balaban J connectivity index is 1.56. The van der Waals surface area contributed by atoms with Crippen LogP contribution in [0.5, 0.6) is 0 Å². The third kappa shape index (κ3) is 3.69. The van der Waals surface area contributed by atoms with Crippen LogP contribution in [0.2, 0.25) is 0 Å². The molecule has 0 spiro atoms. The Morgan fingerprint density at radius 2 is 2.41 bits per heavy atom. The first-order valence-corrected chi connectivity index (χ1v) is 8.26. The number of nitrogens with zero attached hydrogens (tertiary/aromatic N) is 3. The molecule has 3 rings (SSSR count). The quantitative estimate of drug-likeness (QED) is 0.870. The van der Waals surface area contributed by atoms with Gasteiger partial charge in [0.15, 0.2) is 0 Å². The minimum Gasteiger partial charge on any atom is -0.372 e. The van der Waals surface area contributed by atoms with E-state index in [1.54, 1.807) is 12.4 Å². The summed E-state index contributed by atoms with van der Waals surface area (Å²) in [5, 5.41) is 0.921. The standard InChI is InChI=1S/C16H19N3O2S/c1-12-18-9-15(22-12)16(20)19-7-3-5-14(10-19)21-11-13-4-2-6-17-8-13/h2,4,6,8-9,14H,3,5,7,10-11H2,1H3/t14-/m1/s1. The molecule has 2 aromatic heterocycles. The Labute approximate surface area is 134 Å². The number of hydrogen-bond acceptors (Lipinski definition) is 5. The molecule has 1 aliphatic rings. The number of carbonyl (C=O) groups excluding carboxylic acids is 1. The average molecular weight is 317 g/mol. The molecule has 1 saturated heterocycles. The minimum atomic E-state index is 0.0697. The Hall–Kier alpha value is -1.79. The van der Waals surface area contributed by atoms with Gasteiger partial charge in [0.25, 0.3) is 5.91 Å².